The number of ether oxygens (including phenoxy) is 1. The molecular formula is C12H8F3NOS. The highest BCUT2D eigenvalue weighted by molar-refractivity contribution is 7.71. The van der Waals surface area contributed by atoms with E-state index in [1.54, 1.807) is 24.3 Å². The predicted octanol–water partition coefficient (Wildman–Crippen LogP) is 4.31. The van der Waals surface area contributed by atoms with Crippen LogP contribution in [0.2, 0.25) is 0 Å². The van der Waals surface area contributed by atoms with Gasteiger partial charge in [-0.3, -0.25) is 0 Å². The predicted molar refractivity (Wildman–Crippen MR) is 63.7 cm³/mol. The van der Waals surface area contributed by atoms with Gasteiger partial charge >= 0.3 is 6.36 Å². The number of H-pyrrole nitrogens is 1. The van der Waals surface area contributed by atoms with Crippen molar-refractivity contribution < 1.29 is 17.9 Å². The second-order valence-corrected chi connectivity index (χ2v) is 3.91. The fourth-order valence-corrected chi connectivity index (χ4v) is 1.70. The van der Waals surface area contributed by atoms with Crippen LogP contribution in [0.5, 0.6) is 5.75 Å². The van der Waals surface area contributed by atoms with Crippen LogP contribution in [-0.2, 0) is 0 Å². The summed E-state index contributed by atoms with van der Waals surface area (Å²) in [5.41, 5.74) is 0.781. The lowest BCUT2D eigenvalue weighted by atomic mass is 10.1. The number of aromatic nitrogens is 1. The second kappa shape index (κ2) is 4.81. The molecule has 0 fully saturated rings. The zero-order valence-corrected chi connectivity index (χ0v) is 9.81. The van der Waals surface area contributed by atoms with Gasteiger partial charge in [-0.05, 0) is 24.3 Å². The minimum atomic E-state index is -4.72. The van der Waals surface area contributed by atoms with Crippen LogP contribution in [0, 0.1) is 4.64 Å². The quantitative estimate of drug-likeness (QED) is 0.823. The molecule has 1 aromatic carbocycles. The van der Waals surface area contributed by atoms with E-state index in [0.717, 1.165) is 0 Å². The average molecular weight is 271 g/mol. The summed E-state index contributed by atoms with van der Waals surface area (Å²) < 4.78 is 41.2. The Labute approximate surface area is 106 Å². The summed E-state index contributed by atoms with van der Waals surface area (Å²) in [4.78, 5) is 2.82. The van der Waals surface area contributed by atoms with Crippen LogP contribution in [0.3, 0.4) is 0 Å². The molecule has 2 aromatic rings. The highest BCUT2D eigenvalue weighted by Gasteiger charge is 2.32. The number of halogens is 3. The van der Waals surface area contributed by atoms with Gasteiger partial charge in [-0.15, -0.1) is 13.2 Å². The molecular weight excluding hydrogens is 263 g/mol. The number of hydrogen-bond acceptors (Lipinski definition) is 2. The van der Waals surface area contributed by atoms with E-state index in [1.807, 2.05) is 0 Å². The Kier molecular flexibility index (Phi) is 3.38. The van der Waals surface area contributed by atoms with Crippen molar-refractivity contribution in [2.24, 2.45) is 0 Å². The number of benzene rings is 1. The third-order valence-electron chi connectivity index (χ3n) is 2.17. The lowest BCUT2D eigenvalue weighted by Crippen LogP contribution is -2.17. The molecule has 0 radical (unpaired) electrons. The van der Waals surface area contributed by atoms with Crippen molar-refractivity contribution in [3.05, 3.63) is 47.1 Å². The van der Waals surface area contributed by atoms with Crippen molar-refractivity contribution >= 4 is 12.2 Å². The van der Waals surface area contributed by atoms with Gasteiger partial charge < -0.3 is 9.72 Å². The van der Waals surface area contributed by atoms with Crippen molar-refractivity contribution in [3.63, 3.8) is 0 Å². The summed E-state index contributed by atoms with van der Waals surface area (Å²) in [6.45, 7) is 0. The van der Waals surface area contributed by atoms with E-state index < -0.39 is 6.36 Å². The topological polar surface area (TPSA) is 25.0 Å². The number of rotatable bonds is 2. The Hall–Kier alpha value is -1.82. The molecule has 0 aliphatic rings. The Morgan fingerprint density at radius 2 is 1.72 bits per heavy atom. The van der Waals surface area contributed by atoms with E-state index in [1.165, 1.54) is 18.2 Å². The molecule has 0 bridgehead atoms. The Morgan fingerprint density at radius 3 is 2.39 bits per heavy atom. The summed E-state index contributed by atoms with van der Waals surface area (Å²) in [6.07, 6.45) is -4.72. The standard InChI is InChI=1S/C12H8F3NOS/c13-12(14,15)17-10-6-2-1-4-8(10)9-5-3-7-11(18)16-9/h1-7H,(H,16,18). The van der Waals surface area contributed by atoms with Crippen LogP contribution in [0.1, 0.15) is 0 Å². The molecule has 18 heavy (non-hydrogen) atoms. The zero-order chi connectivity index (χ0) is 13.2. The number of para-hydroxylation sites is 1. The maximum absolute atomic E-state index is 12.3. The summed E-state index contributed by atoms with van der Waals surface area (Å²) in [5.74, 6) is -0.262. The molecule has 94 valence electrons. The molecule has 1 N–H and O–H groups in total. The number of alkyl halides is 3. The van der Waals surface area contributed by atoms with Crippen molar-refractivity contribution in [1.82, 2.24) is 4.98 Å². The third-order valence-corrected chi connectivity index (χ3v) is 2.41. The maximum Gasteiger partial charge on any atom is 0.573 e. The smallest absolute Gasteiger partial charge is 0.405 e. The molecule has 0 amide bonds. The number of nitrogens with one attached hydrogen (secondary N) is 1. The van der Waals surface area contributed by atoms with E-state index in [9.17, 15) is 13.2 Å². The van der Waals surface area contributed by atoms with Crippen molar-refractivity contribution in [2.45, 2.75) is 6.36 Å². The summed E-state index contributed by atoms with van der Waals surface area (Å²) in [7, 11) is 0. The van der Waals surface area contributed by atoms with Crippen LogP contribution < -0.4 is 4.74 Å². The first kappa shape index (κ1) is 12.6. The Balaban J connectivity index is 2.48. The van der Waals surface area contributed by atoms with Gasteiger partial charge in [0.15, 0.2) is 0 Å². The zero-order valence-electron chi connectivity index (χ0n) is 8.99. The van der Waals surface area contributed by atoms with E-state index in [4.69, 9.17) is 12.2 Å². The first-order valence-corrected chi connectivity index (χ1v) is 5.41. The molecule has 6 heteroatoms. The van der Waals surface area contributed by atoms with Gasteiger partial charge in [-0.2, -0.15) is 0 Å². The van der Waals surface area contributed by atoms with E-state index in [2.05, 4.69) is 9.72 Å². The summed E-state index contributed by atoms with van der Waals surface area (Å²) >= 11 is 4.93. The fraction of sp³-hybridized carbons (Fsp3) is 0.0833. The van der Waals surface area contributed by atoms with Crippen LogP contribution >= 0.6 is 12.2 Å². The van der Waals surface area contributed by atoms with Crippen LogP contribution in [0.4, 0.5) is 13.2 Å². The molecule has 0 spiro atoms. The largest absolute Gasteiger partial charge is 0.573 e. The monoisotopic (exact) mass is 271 g/mol. The third kappa shape index (κ3) is 3.10. The van der Waals surface area contributed by atoms with E-state index >= 15 is 0 Å². The SMILES string of the molecule is FC(F)(F)Oc1ccccc1-c1cccc(=S)[nH]1. The van der Waals surface area contributed by atoms with E-state index in [-0.39, 0.29) is 5.75 Å². The van der Waals surface area contributed by atoms with E-state index in [0.29, 0.717) is 15.9 Å². The summed E-state index contributed by atoms with van der Waals surface area (Å²) in [5, 5.41) is 0. The molecule has 1 heterocycles. The molecule has 0 atom stereocenters. The highest BCUT2D eigenvalue weighted by Crippen LogP contribution is 2.32. The fourth-order valence-electron chi connectivity index (χ4n) is 1.51. The molecule has 2 nitrogen and oxygen atoms in total. The Bertz CT molecular complexity index is 607. The first-order valence-electron chi connectivity index (χ1n) is 5.00. The van der Waals surface area contributed by atoms with Crippen molar-refractivity contribution in [3.8, 4) is 17.0 Å². The normalized spacial score (nSPS) is 11.3. The van der Waals surface area contributed by atoms with Crippen LogP contribution in [-0.4, -0.2) is 11.3 Å². The van der Waals surface area contributed by atoms with Crippen molar-refractivity contribution in [1.29, 1.82) is 0 Å². The number of aromatic amines is 1. The molecule has 1 aromatic heterocycles. The molecule has 0 unspecified atom stereocenters. The Morgan fingerprint density at radius 1 is 1.00 bits per heavy atom. The van der Waals surface area contributed by atoms with Gasteiger partial charge in [0, 0.05) is 5.56 Å². The minimum Gasteiger partial charge on any atom is -0.405 e. The van der Waals surface area contributed by atoms with Gasteiger partial charge in [0.2, 0.25) is 0 Å². The van der Waals surface area contributed by atoms with Crippen molar-refractivity contribution in [2.75, 3.05) is 0 Å². The van der Waals surface area contributed by atoms with Crippen LogP contribution in [0.25, 0.3) is 11.3 Å². The highest BCUT2D eigenvalue weighted by atomic mass is 32.1. The second-order valence-electron chi connectivity index (χ2n) is 3.47. The number of pyridine rings is 1. The van der Waals surface area contributed by atoms with Gasteiger partial charge in [0.05, 0.1) is 5.69 Å². The maximum atomic E-state index is 12.3. The molecule has 0 saturated heterocycles. The van der Waals surface area contributed by atoms with Crippen LogP contribution in [0.15, 0.2) is 42.5 Å². The average Bonchev–Trinajstić information content (AvgIpc) is 2.27. The molecule has 0 aliphatic heterocycles. The molecule has 0 aliphatic carbocycles. The first-order chi connectivity index (χ1) is 8.46. The molecule has 0 saturated carbocycles. The lowest BCUT2D eigenvalue weighted by Gasteiger charge is -2.13. The van der Waals surface area contributed by atoms with Gasteiger partial charge in [0.25, 0.3) is 0 Å². The lowest BCUT2D eigenvalue weighted by molar-refractivity contribution is -0.274. The van der Waals surface area contributed by atoms with Gasteiger partial charge in [-0.25, -0.2) is 0 Å². The summed E-state index contributed by atoms with van der Waals surface area (Å²) in [6, 6.07) is 10.8. The number of hydrogen-bond donors (Lipinski definition) is 1. The minimum absolute atomic E-state index is 0.262. The molecule has 2 rings (SSSR count). The van der Waals surface area contributed by atoms with Gasteiger partial charge in [0.1, 0.15) is 10.4 Å². The van der Waals surface area contributed by atoms with Gasteiger partial charge in [-0.1, -0.05) is 30.4 Å².